The number of ether oxygens (including phenoxy) is 2. The summed E-state index contributed by atoms with van der Waals surface area (Å²) >= 11 is 0. The van der Waals surface area contributed by atoms with E-state index in [-0.39, 0.29) is 5.82 Å². The molecular weight excluding hydrogens is 257 g/mol. The normalized spacial score (nSPS) is 10.3. The maximum Gasteiger partial charge on any atom is 0.126 e. The van der Waals surface area contributed by atoms with Crippen molar-refractivity contribution in [1.29, 1.82) is 0 Å². The van der Waals surface area contributed by atoms with Crippen molar-refractivity contribution in [2.75, 3.05) is 13.7 Å². The van der Waals surface area contributed by atoms with Gasteiger partial charge in [-0.1, -0.05) is 18.2 Å². The lowest BCUT2D eigenvalue weighted by Gasteiger charge is -2.12. The van der Waals surface area contributed by atoms with Crippen LogP contribution >= 0.6 is 0 Å². The van der Waals surface area contributed by atoms with Crippen molar-refractivity contribution >= 4 is 0 Å². The minimum atomic E-state index is -0.251. The van der Waals surface area contributed by atoms with E-state index >= 15 is 0 Å². The quantitative estimate of drug-likeness (QED) is 0.881. The number of nitrogens with two attached hydrogens (primary N) is 1. The van der Waals surface area contributed by atoms with Crippen LogP contribution in [0.2, 0.25) is 0 Å². The van der Waals surface area contributed by atoms with Crippen molar-refractivity contribution in [2.45, 2.75) is 13.0 Å². The molecule has 0 heterocycles. The molecule has 0 amide bonds. The number of methoxy groups -OCH3 is 1. The summed E-state index contributed by atoms with van der Waals surface area (Å²) in [5.41, 5.74) is 7.54. The average molecular weight is 275 g/mol. The van der Waals surface area contributed by atoms with E-state index in [0.717, 1.165) is 29.0 Å². The minimum Gasteiger partial charge on any atom is -0.497 e. The standard InChI is InChI=1S/C16H18FNO2/c1-19-15-7-4-13(8-9-18)16(10-15)20-11-12-2-5-14(17)6-3-12/h2-7,10H,8-9,11,18H2,1H3. The molecule has 0 saturated heterocycles. The Balaban J connectivity index is 2.12. The lowest BCUT2D eigenvalue weighted by Crippen LogP contribution is -2.05. The second kappa shape index (κ2) is 6.91. The summed E-state index contributed by atoms with van der Waals surface area (Å²) in [6, 6.07) is 11.9. The van der Waals surface area contributed by atoms with Gasteiger partial charge in [0.2, 0.25) is 0 Å². The summed E-state index contributed by atoms with van der Waals surface area (Å²) in [5, 5.41) is 0. The minimum absolute atomic E-state index is 0.251. The molecule has 0 aliphatic carbocycles. The van der Waals surface area contributed by atoms with E-state index in [9.17, 15) is 4.39 Å². The summed E-state index contributed by atoms with van der Waals surface area (Å²) in [7, 11) is 1.61. The Hall–Kier alpha value is -2.07. The molecule has 0 aliphatic rings. The first-order valence-corrected chi connectivity index (χ1v) is 6.47. The van der Waals surface area contributed by atoms with Gasteiger partial charge in [0.15, 0.2) is 0 Å². The number of hydrogen-bond acceptors (Lipinski definition) is 3. The second-order valence-electron chi connectivity index (χ2n) is 4.43. The van der Waals surface area contributed by atoms with E-state index in [4.69, 9.17) is 15.2 Å². The fourth-order valence-electron chi connectivity index (χ4n) is 1.90. The van der Waals surface area contributed by atoms with Crippen molar-refractivity contribution in [3.8, 4) is 11.5 Å². The van der Waals surface area contributed by atoms with Gasteiger partial charge in [-0.3, -0.25) is 0 Å². The third-order valence-electron chi connectivity index (χ3n) is 3.00. The van der Waals surface area contributed by atoms with Crippen LogP contribution in [0.25, 0.3) is 0 Å². The van der Waals surface area contributed by atoms with Gasteiger partial charge >= 0.3 is 0 Å². The van der Waals surface area contributed by atoms with Gasteiger partial charge in [0, 0.05) is 6.07 Å². The van der Waals surface area contributed by atoms with E-state index < -0.39 is 0 Å². The van der Waals surface area contributed by atoms with Crippen molar-refractivity contribution in [1.82, 2.24) is 0 Å². The Kier molecular flexibility index (Phi) is 4.96. The van der Waals surface area contributed by atoms with E-state index in [1.165, 1.54) is 12.1 Å². The fourth-order valence-corrected chi connectivity index (χ4v) is 1.90. The van der Waals surface area contributed by atoms with Gasteiger partial charge in [-0.15, -0.1) is 0 Å². The van der Waals surface area contributed by atoms with Gasteiger partial charge in [-0.05, 0) is 42.3 Å². The Labute approximate surface area is 118 Å². The van der Waals surface area contributed by atoms with Crippen molar-refractivity contribution in [3.63, 3.8) is 0 Å². The zero-order valence-corrected chi connectivity index (χ0v) is 11.4. The molecule has 0 atom stereocenters. The van der Waals surface area contributed by atoms with Crippen LogP contribution in [-0.4, -0.2) is 13.7 Å². The molecule has 0 radical (unpaired) electrons. The molecule has 0 fully saturated rings. The Morgan fingerprint density at radius 3 is 2.50 bits per heavy atom. The molecule has 4 heteroatoms. The van der Waals surface area contributed by atoms with Gasteiger partial charge in [0.1, 0.15) is 23.9 Å². The Morgan fingerprint density at radius 1 is 1.10 bits per heavy atom. The summed E-state index contributed by atoms with van der Waals surface area (Å²) in [6.45, 7) is 0.935. The highest BCUT2D eigenvalue weighted by Crippen LogP contribution is 2.26. The van der Waals surface area contributed by atoms with Crippen LogP contribution in [0.1, 0.15) is 11.1 Å². The van der Waals surface area contributed by atoms with E-state index in [1.807, 2.05) is 18.2 Å². The monoisotopic (exact) mass is 275 g/mol. The molecule has 106 valence electrons. The molecular formula is C16H18FNO2. The van der Waals surface area contributed by atoms with Crippen LogP contribution in [0.3, 0.4) is 0 Å². The second-order valence-corrected chi connectivity index (χ2v) is 4.43. The molecule has 0 saturated carbocycles. The highest BCUT2D eigenvalue weighted by atomic mass is 19.1. The predicted octanol–water partition coefficient (Wildman–Crippen LogP) is 2.91. The zero-order valence-electron chi connectivity index (χ0n) is 11.4. The van der Waals surface area contributed by atoms with Crippen LogP contribution in [0.15, 0.2) is 42.5 Å². The highest BCUT2D eigenvalue weighted by Gasteiger charge is 2.06. The number of halogens is 1. The molecule has 0 aromatic heterocycles. The largest absolute Gasteiger partial charge is 0.497 e. The third kappa shape index (κ3) is 3.71. The molecule has 2 rings (SSSR count). The Bertz CT molecular complexity index is 555. The third-order valence-corrected chi connectivity index (χ3v) is 3.00. The first-order chi connectivity index (χ1) is 9.72. The summed E-state index contributed by atoms with van der Waals surface area (Å²) in [5.74, 6) is 1.23. The van der Waals surface area contributed by atoms with Crippen LogP contribution in [0.4, 0.5) is 4.39 Å². The van der Waals surface area contributed by atoms with Gasteiger partial charge in [-0.2, -0.15) is 0 Å². The van der Waals surface area contributed by atoms with Crippen molar-refractivity contribution in [2.24, 2.45) is 5.73 Å². The van der Waals surface area contributed by atoms with E-state index in [1.54, 1.807) is 19.2 Å². The molecule has 0 spiro atoms. The first-order valence-electron chi connectivity index (χ1n) is 6.47. The van der Waals surface area contributed by atoms with Gasteiger partial charge in [-0.25, -0.2) is 4.39 Å². The molecule has 2 aromatic carbocycles. The molecule has 2 aromatic rings. The van der Waals surface area contributed by atoms with E-state index in [2.05, 4.69) is 0 Å². The first kappa shape index (κ1) is 14.3. The number of hydrogen-bond donors (Lipinski definition) is 1. The maximum atomic E-state index is 12.8. The fraction of sp³-hybridized carbons (Fsp3) is 0.250. The van der Waals surface area contributed by atoms with E-state index in [0.29, 0.717) is 13.2 Å². The van der Waals surface area contributed by atoms with Crippen LogP contribution in [0, 0.1) is 5.82 Å². The van der Waals surface area contributed by atoms with Gasteiger partial charge in [0.25, 0.3) is 0 Å². The molecule has 20 heavy (non-hydrogen) atoms. The smallest absolute Gasteiger partial charge is 0.126 e. The van der Waals surface area contributed by atoms with Crippen LogP contribution in [0.5, 0.6) is 11.5 Å². The Morgan fingerprint density at radius 2 is 1.85 bits per heavy atom. The highest BCUT2D eigenvalue weighted by molar-refractivity contribution is 5.41. The van der Waals surface area contributed by atoms with Gasteiger partial charge < -0.3 is 15.2 Å². The molecule has 0 aliphatic heterocycles. The van der Waals surface area contributed by atoms with Crippen molar-refractivity contribution < 1.29 is 13.9 Å². The lowest BCUT2D eigenvalue weighted by molar-refractivity contribution is 0.300. The maximum absolute atomic E-state index is 12.8. The van der Waals surface area contributed by atoms with Crippen LogP contribution in [-0.2, 0) is 13.0 Å². The summed E-state index contributed by atoms with van der Waals surface area (Å²) in [6.07, 6.45) is 0.739. The molecule has 3 nitrogen and oxygen atoms in total. The summed E-state index contributed by atoms with van der Waals surface area (Å²) < 4.78 is 23.8. The topological polar surface area (TPSA) is 44.5 Å². The SMILES string of the molecule is COc1ccc(CCN)c(OCc2ccc(F)cc2)c1. The lowest BCUT2D eigenvalue weighted by atomic mass is 10.1. The molecule has 0 bridgehead atoms. The number of rotatable bonds is 6. The average Bonchev–Trinajstić information content (AvgIpc) is 2.48. The zero-order chi connectivity index (χ0) is 14.4. The molecule has 2 N–H and O–H groups in total. The predicted molar refractivity (Wildman–Crippen MR) is 76.5 cm³/mol. The van der Waals surface area contributed by atoms with Crippen molar-refractivity contribution in [3.05, 3.63) is 59.4 Å². The summed E-state index contributed by atoms with van der Waals surface area (Å²) in [4.78, 5) is 0. The van der Waals surface area contributed by atoms with Crippen LogP contribution < -0.4 is 15.2 Å². The molecule has 0 unspecified atom stereocenters. The number of benzene rings is 2. The van der Waals surface area contributed by atoms with Gasteiger partial charge in [0.05, 0.1) is 7.11 Å².